The number of halogens is 2. The Balaban J connectivity index is 1.78. The lowest BCUT2D eigenvalue weighted by Gasteiger charge is -2.28. The summed E-state index contributed by atoms with van der Waals surface area (Å²) in [7, 11) is -8.60. The van der Waals surface area contributed by atoms with E-state index in [0.717, 1.165) is 0 Å². The zero-order chi connectivity index (χ0) is 24.7. The molecule has 34 heavy (non-hydrogen) atoms. The van der Waals surface area contributed by atoms with Gasteiger partial charge in [0.2, 0.25) is 0 Å². The molecule has 0 saturated carbocycles. The quantitative estimate of drug-likeness (QED) is 0.312. The van der Waals surface area contributed by atoms with Gasteiger partial charge in [0.15, 0.2) is 11.5 Å². The third-order valence-electron chi connectivity index (χ3n) is 4.72. The van der Waals surface area contributed by atoms with Crippen LogP contribution in [-0.4, -0.2) is 22.4 Å². The van der Waals surface area contributed by atoms with Crippen LogP contribution in [0, 0.1) is 0 Å². The van der Waals surface area contributed by atoms with Gasteiger partial charge < -0.3 is 13.1 Å². The lowest BCUT2D eigenvalue weighted by Crippen LogP contribution is -2.27. The Morgan fingerprint density at radius 1 is 0.735 bits per heavy atom. The highest BCUT2D eigenvalue weighted by Gasteiger charge is 2.28. The standard InChI is InChI=1S/C23H18Br2O7S2/c1-23(2)12-11-15-13-21(31-33(26,27)18-7-3-16(24)4-8-18)22(14-20(15)30-23)32-34(28,29)19-9-5-17(25)6-10-19/h3-14H,1-2H3. The van der Waals surface area contributed by atoms with Crippen molar-refractivity contribution in [2.75, 3.05) is 0 Å². The minimum atomic E-state index is -4.31. The van der Waals surface area contributed by atoms with Crippen molar-refractivity contribution in [2.45, 2.75) is 29.2 Å². The molecule has 11 heteroatoms. The molecule has 3 aromatic rings. The van der Waals surface area contributed by atoms with Gasteiger partial charge in [0.1, 0.15) is 21.1 Å². The molecule has 1 heterocycles. The third kappa shape index (κ3) is 5.48. The van der Waals surface area contributed by atoms with Crippen LogP contribution >= 0.6 is 31.9 Å². The maximum absolute atomic E-state index is 12.9. The molecule has 0 unspecified atom stereocenters. The Morgan fingerprint density at radius 3 is 1.65 bits per heavy atom. The van der Waals surface area contributed by atoms with E-state index in [9.17, 15) is 16.8 Å². The second-order valence-corrected chi connectivity index (χ2v) is 12.8. The normalized spacial score (nSPS) is 14.7. The predicted molar refractivity (Wildman–Crippen MR) is 134 cm³/mol. The zero-order valence-corrected chi connectivity index (χ0v) is 22.7. The molecule has 0 fully saturated rings. The summed E-state index contributed by atoms with van der Waals surface area (Å²) in [5, 5.41) is 0. The van der Waals surface area contributed by atoms with E-state index >= 15 is 0 Å². The van der Waals surface area contributed by atoms with E-state index in [1.165, 1.54) is 36.4 Å². The molecule has 178 valence electrons. The number of hydrogen-bond acceptors (Lipinski definition) is 7. The van der Waals surface area contributed by atoms with Crippen molar-refractivity contribution >= 4 is 58.2 Å². The van der Waals surface area contributed by atoms with Gasteiger partial charge in [-0.2, -0.15) is 16.8 Å². The number of fused-ring (bicyclic) bond motifs is 1. The van der Waals surface area contributed by atoms with Crippen molar-refractivity contribution in [3.63, 3.8) is 0 Å². The highest BCUT2D eigenvalue weighted by Crippen LogP contribution is 2.42. The van der Waals surface area contributed by atoms with Crippen LogP contribution in [0.25, 0.3) is 6.08 Å². The molecule has 3 aromatic carbocycles. The average Bonchev–Trinajstić information content (AvgIpc) is 2.74. The molecule has 1 aliphatic rings. The van der Waals surface area contributed by atoms with E-state index in [4.69, 9.17) is 13.1 Å². The second kappa shape index (κ2) is 9.03. The maximum atomic E-state index is 12.9. The molecule has 0 aromatic heterocycles. The van der Waals surface area contributed by atoms with Crippen molar-refractivity contribution in [3.8, 4) is 17.2 Å². The van der Waals surface area contributed by atoms with Gasteiger partial charge in [-0.15, -0.1) is 0 Å². The first-order chi connectivity index (χ1) is 15.8. The molecule has 0 radical (unpaired) electrons. The van der Waals surface area contributed by atoms with E-state index in [2.05, 4.69) is 31.9 Å². The highest BCUT2D eigenvalue weighted by molar-refractivity contribution is 9.10. The van der Waals surface area contributed by atoms with Crippen LogP contribution in [0.3, 0.4) is 0 Å². The van der Waals surface area contributed by atoms with Gasteiger partial charge in [0.05, 0.1) is 0 Å². The molecule has 0 amide bonds. The molecule has 7 nitrogen and oxygen atoms in total. The summed E-state index contributed by atoms with van der Waals surface area (Å²) in [5.41, 5.74) is -0.144. The highest BCUT2D eigenvalue weighted by atomic mass is 79.9. The number of ether oxygens (including phenoxy) is 1. The van der Waals surface area contributed by atoms with Crippen LogP contribution in [0.5, 0.6) is 17.2 Å². The first-order valence-electron chi connectivity index (χ1n) is 9.81. The minimum Gasteiger partial charge on any atom is -0.483 e. The zero-order valence-electron chi connectivity index (χ0n) is 17.9. The van der Waals surface area contributed by atoms with Crippen molar-refractivity contribution < 1.29 is 29.9 Å². The van der Waals surface area contributed by atoms with Gasteiger partial charge in [0, 0.05) is 20.6 Å². The second-order valence-electron chi connectivity index (χ2n) is 7.86. The van der Waals surface area contributed by atoms with Gasteiger partial charge in [0.25, 0.3) is 0 Å². The molecule has 0 aliphatic carbocycles. The molecule has 0 bridgehead atoms. The van der Waals surface area contributed by atoms with Crippen molar-refractivity contribution in [1.29, 1.82) is 0 Å². The smallest absolute Gasteiger partial charge is 0.339 e. The van der Waals surface area contributed by atoms with Gasteiger partial charge in [-0.25, -0.2) is 0 Å². The summed E-state index contributed by atoms with van der Waals surface area (Å²) < 4.78 is 69.7. The lowest BCUT2D eigenvalue weighted by molar-refractivity contribution is 0.158. The van der Waals surface area contributed by atoms with Crippen LogP contribution in [-0.2, 0) is 20.2 Å². The lowest BCUT2D eigenvalue weighted by atomic mass is 10.0. The van der Waals surface area contributed by atoms with E-state index in [0.29, 0.717) is 20.3 Å². The summed E-state index contributed by atoms with van der Waals surface area (Å²) in [4.78, 5) is -0.223. The molecule has 0 spiro atoms. The summed E-state index contributed by atoms with van der Waals surface area (Å²) in [6.07, 6.45) is 3.53. The van der Waals surface area contributed by atoms with Crippen LogP contribution < -0.4 is 13.1 Å². The van der Waals surface area contributed by atoms with Crippen molar-refractivity contribution in [2.24, 2.45) is 0 Å². The third-order valence-corrected chi connectivity index (χ3v) is 8.27. The topological polar surface area (TPSA) is 96.0 Å². The predicted octanol–water partition coefficient (Wildman–Crippen LogP) is 5.93. The summed E-state index contributed by atoms with van der Waals surface area (Å²) in [5.74, 6) is -0.300. The molecule has 0 N–H and O–H groups in total. The van der Waals surface area contributed by atoms with Gasteiger partial charge in [-0.3, -0.25) is 0 Å². The maximum Gasteiger partial charge on any atom is 0.339 e. The van der Waals surface area contributed by atoms with Crippen LogP contribution in [0.2, 0.25) is 0 Å². The van der Waals surface area contributed by atoms with E-state index in [-0.39, 0.29) is 21.3 Å². The first kappa shape index (κ1) is 24.8. The monoisotopic (exact) mass is 628 g/mol. The fraction of sp³-hybridized carbons (Fsp3) is 0.130. The molecule has 4 rings (SSSR count). The minimum absolute atomic E-state index is 0.108. The largest absolute Gasteiger partial charge is 0.483 e. The summed E-state index contributed by atoms with van der Waals surface area (Å²) in [6.45, 7) is 3.65. The SMILES string of the molecule is CC1(C)C=Cc2cc(OS(=O)(=O)c3ccc(Br)cc3)c(OS(=O)(=O)c3ccc(Br)cc3)cc2O1. The summed E-state index contributed by atoms with van der Waals surface area (Å²) >= 11 is 6.51. The molecule has 1 aliphatic heterocycles. The fourth-order valence-corrected chi connectivity index (χ4v) is 5.44. The van der Waals surface area contributed by atoms with E-state index < -0.39 is 25.8 Å². The van der Waals surface area contributed by atoms with Crippen molar-refractivity contribution in [3.05, 3.63) is 81.2 Å². The first-order valence-corrected chi connectivity index (χ1v) is 14.2. The van der Waals surface area contributed by atoms with Crippen LogP contribution in [0.15, 0.2) is 85.5 Å². The van der Waals surface area contributed by atoms with Gasteiger partial charge in [-0.1, -0.05) is 37.9 Å². The van der Waals surface area contributed by atoms with E-state index in [1.807, 2.05) is 13.8 Å². The fourth-order valence-electron chi connectivity index (χ4n) is 3.05. The van der Waals surface area contributed by atoms with Gasteiger partial charge in [-0.05, 0) is 74.5 Å². The Kier molecular flexibility index (Phi) is 6.58. The van der Waals surface area contributed by atoms with Crippen LogP contribution in [0.4, 0.5) is 0 Å². The Hall–Kier alpha value is -2.34. The molecule has 0 atom stereocenters. The molecular weight excluding hydrogens is 612 g/mol. The Morgan fingerprint density at radius 2 is 1.18 bits per heavy atom. The summed E-state index contributed by atoms with van der Waals surface area (Å²) in [6, 6.07) is 14.3. The van der Waals surface area contributed by atoms with Crippen LogP contribution in [0.1, 0.15) is 19.4 Å². The molecule has 0 saturated heterocycles. The average molecular weight is 630 g/mol. The van der Waals surface area contributed by atoms with Crippen molar-refractivity contribution in [1.82, 2.24) is 0 Å². The number of rotatable bonds is 6. The Bertz CT molecular complexity index is 1480. The molecular formula is C23H18Br2O7S2. The Labute approximate surface area is 214 Å². The number of benzene rings is 3. The van der Waals surface area contributed by atoms with E-state index in [1.54, 1.807) is 36.4 Å². The number of hydrogen-bond donors (Lipinski definition) is 0. The van der Waals surface area contributed by atoms with Gasteiger partial charge >= 0.3 is 20.2 Å².